The second-order valence-corrected chi connectivity index (χ2v) is 8.54. The Bertz CT molecular complexity index is 812. The molecule has 25 heavy (non-hydrogen) atoms. The standard InChI is InChI=1S/C18H25N3O3S/c1-14(2)24-15-7-9-16(10-8-15)25(22,23)21-13-5-4-6-18(21)17-11-12-19-20(17)3/h7-12,14,18H,4-6,13H2,1-3H3. The Morgan fingerprint density at radius 3 is 2.48 bits per heavy atom. The zero-order chi connectivity index (χ0) is 18.0. The maximum absolute atomic E-state index is 13.2. The van der Waals surface area contributed by atoms with Gasteiger partial charge in [0.25, 0.3) is 0 Å². The Hall–Kier alpha value is -1.86. The van der Waals surface area contributed by atoms with Crippen LogP contribution in [0.5, 0.6) is 5.75 Å². The number of hydrogen-bond acceptors (Lipinski definition) is 4. The van der Waals surface area contributed by atoms with E-state index in [9.17, 15) is 8.42 Å². The minimum atomic E-state index is -3.56. The largest absolute Gasteiger partial charge is 0.491 e. The molecular formula is C18H25N3O3S. The number of benzene rings is 1. The van der Waals surface area contributed by atoms with Crippen LogP contribution in [-0.2, 0) is 17.1 Å². The van der Waals surface area contributed by atoms with Gasteiger partial charge >= 0.3 is 0 Å². The highest BCUT2D eigenvalue weighted by molar-refractivity contribution is 7.89. The number of ether oxygens (including phenoxy) is 1. The third kappa shape index (κ3) is 3.72. The molecule has 1 atom stereocenters. The van der Waals surface area contributed by atoms with Crippen LogP contribution in [0.2, 0.25) is 0 Å². The number of aromatic nitrogens is 2. The molecule has 0 bridgehead atoms. The predicted molar refractivity (Wildman–Crippen MR) is 95.9 cm³/mol. The third-order valence-corrected chi connectivity index (χ3v) is 6.38. The highest BCUT2D eigenvalue weighted by Gasteiger charge is 2.35. The summed E-state index contributed by atoms with van der Waals surface area (Å²) in [5.41, 5.74) is 0.933. The zero-order valence-electron chi connectivity index (χ0n) is 14.9. The van der Waals surface area contributed by atoms with Crippen molar-refractivity contribution in [2.24, 2.45) is 7.05 Å². The number of rotatable bonds is 5. The lowest BCUT2D eigenvalue weighted by atomic mass is 10.0. The first-order valence-electron chi connectivity index (χ1n) is 8.66. The summed E-state index contributed by atoms with van der Waals surface area (Å²) in [4.78, 5) is 0.303. The quantitative estimate of drug-likeness (QED) is 0.819. The number of nitrogens with zero attached hydrogens (tertiary/aromatic N) is 3. The zero-order valence-corrected chi connectivity index (χ0v) is 15.7. The van der Waals surface area contributed by atoms with E-state index < -0.39 is 10.0 Å². The summed E-state index contributed by atoms with van der Waals surface area (Å²) in [6.07, 6.45) is 4.48. The minimum Gasteiger partial charge on any atom is -0.491 e. The van der Waals surface area contributed by atoms with Gasteiger partial charge in [-0.2, -0.15) is 9.40 Å². The van der Waals surface area contributed by atoms with Crippen LogP contribution in [0.4, 0.5) is 0 Å². The predicted octanol–water partition coefficient (Wildman–Crippen LogP) is 3.12. The van der Waals surface area contributed by atoms with Crippen LogP contribution in [0.25, 0.3) is 0 Å². The van der Waals surface area contributed by atoms with E-state index in [1.54, 1.807) is 39.4 Å². The lowest BCUT2D eigenvalue weighted by Crippen LogP contribution is -2.39. The maximum atomic E-state index is 13.2. The molecule has 3 rings (SSSR count). The average molecular weight is 363 g/mol. The van der Waals surface area contributed by atoms with Gasteiger partial charge in [-0.3, -0.25) is 4.68 Å². The lowest BCUT2D eigenvalue weighted by Gasteiger charge is -2.34. The summed E-state index contributed by atoms with van der Waals surface area (Å²) in [7, 11) is -1.71. The number of sulfonamides is 1. The Kier molecular flexibility index (Phi) is 5.15. The van der Waals surface area contributed by atoms with E-state index in [0.29, 0.717) is 17.2 Å². The van der Waals surface area contributed by atoms with E-state index in [2.05, 4.69) is 5.10 Å². The van der Waals surface area contributed by atoms with Gasteiger partial charge in [-0.15, -0.1) is 0 Å². The molecule has 6 nitrogen and oxygen atoms in total. The van der Waals surface area contributed by atoms with Gasteiger partial charge in [0.2, 0.25) is 10.0 Å². The van der Waals surface area contributed by atoms with Gasteiger partial charge in [0.05, 0.1) is 22.7 Å². The number of aryl methyl sites for hydroxylation is 1. The molecular weight excluding hydrogens is 338 g/mol. The highest BCUT2D eigenvalue weighted by Crippen LogP contribution is 2.35. The molecule has 0 radical (unpaired) electrons. The first-order chi connectivity index (χ1) is 11.9. The van der Waals surface area contributed by atoms with E-state index in [1.807, 2.05) is 27.0 Å². The Morgan fingerprint density at radius 2 is 1.88 bits per heavy atom. The second-order valence-electron chi connectivity index (χ2n) is 6.65. The van der Waals surface area contributed by atoms with Crippen LogP contribution in [0, 0.1) is 0 Å². The Balaban J connectivity index is 1.90. The first kappa shape index (κ1) is 17.9. The lowest BCUT2D eigenvalue weighted by molar-refractivity contribution is 0.241. The molecule has 0 spiro atoms. The molecule has 136 valence electrons. The fourth-order valence-electron chi connectivity index (χ4n) is 3.30. The molecule has 0 aliphatic carbocycles. The first-order valence-corrected chi connectivity index (χ1v) is 10.1. The SMILES string of the molecule is CC(C)Oc1ccc(S(=O)(=O)N2CCCCC2c2ccnn2C)cc1. The summed E-state index contributed by atoms with van der Waals surface area (Å²) >= 11 is 0. The summed E-state index contributed by atoms with van der Waals surface area (Å²) in [5, 5.41) is 4.20. The van der Waals surface area contributed by atoms with Crippen LogP contribution >= 0.6 is 0 Å². The normalized spacial score (nSPS) is 19.3. The van der Waals surface area contributed by atoms with Gasteiger partial charge in [-0.05, 0) is 57.0 Å². The van der Waals surface area contributed by atoms with Crippen molar-refractivity contribution in [1.82, 2.24) is 14.1 Å². The van der Waals surface area contributed by atoms with Gasteiger partial charge in [0.1, 0.15) is 5.75 Å². The molecule has 7 heteroatoms. The van der Waals surface area contributed by atoms with Crippen molar-refractivity contribution in [1.29, 1.82) is 0 Å². The van der Waals surface area contributed by atoms with E-state index >= 15 is 0 Å². The maximum Gasteiger partial charge on any atom is 0.243 e. The van der Waals surface area contributed by atoms with Gasteiger partial charge in [0.15, 0.2) is 0 Å². The fraction of sp³-hybridized carbons (Fsp3) is 0.500. The molecule has 0 amide bonds. The van der Waals surface area contributed by atoms with Crippen molar-refractivity contribution in [3.63, 3.8) is 0 Å². The summed E-state index contributed by atoms with van der Waals surface area (Å²) < 4.78 is 35.4. The Morgan fingerprint density at radius 1 is 1.16 bits per heavy atom. The molecule has 1 unspecified atom stereocenters. The molecule has 2 heterocycles. The number of hydrogen-bond donors (Lipinski definition) is 0. The topological polar surface area (TPSA) is 64.4 Å². The molecule has 1 fully saturated rings. The summed E-state index contributed by atoms with van der Waals surface area (Å²) in [6.45, 7) is 4.41. The van der Waals surface area contributed by atoms with Crippen molar-refractivity contribution in [3.05, 3.63) is 42.2 Å². The second kappa shape index (κ2) is 7.17. The minimum absolute atomic E-state index is 0.0544. The Labute approximate surface area is 149 Å². The van der Waals surface area contributed by atoms with Crippen molar-refractivity contribution in [2.75, 3.05) is 6.54 Å². The molecule has 1 aromatic carbocycles. The molecule has 1 saturated heterocycles. The van der Waals surface area contributed by atoms with Crippen molar-refractivity contribution in [2.45, 2.75) is 50.2 Å². The number of piperidine rings is 1. The van der Waals surface area contributed by atoms with Crippen LogP contribution in [0.3, 0.4) is 0 Å². The van der Waals surface area contributed by atoms with Gasteiger partial charge in [-0.25, -0.2) is 8.42 Å². The van der Waals surface area contributed by atoms with E-state index in [-0.39, 0.29) is 12.1 Å². The summed E-state index contributed by atoms with van der Waals surface area (Å²) in [6, 6.07) is 8.42. The van der Waals surface area contributed by atoms with Crippen LogP contribution < -0.4 is 4.74 Å². The van der Waals surface area contributed by atoms with E-state index in [0.717, 1.165) is 25.0 Å². The van der Waals surface area contributed by atoms with E-state index in [4.69, 9.17) is 4.74 Å². The molecule has 2 aromatic rings. The van der Waals surface area contributed by atoms with Gasteiger partial charge in [-0.1, -0.05) is 6.42 Å². The van der Waals surface area contributed by atoms with E-state index in [1.165, 1.54) is 0 Å². The summed E-state index contributed by atoms with van der Waals surface area (Å²) in [5.74, 6) is 0.677. The van der Waals surface area contributed by atoms with Crippen molar-refractivity contribution in [3.8, 4) is 5.75 Å². The van der Waals surface area contributed by atoms with Crippen molar-refractivity contribution >= 4 is 10.0 Å². The van der Waals surface area contributed by atoms with Crippen LogP contribution in [0.1, 0.15) is 44.8 Å². The van der Waals surface area contributed by atoms with Gasteiger partial charge in [0, 0.05) is 19.8 Å². The van der Waals surface area contributed by atoms with Crippen LogP contribution in [-0.4, -0.2) is 35.2 Å². The third-order valence-electron chi connectivity index (χ3n) is 4.46. The molecule has 1 aliphatic rings. The molecule has 0 N–H and O–H groups in total. The molecule has 1 aromatic heterocycles. The molecule has 0 saturated carbocycles. The monoisotopic (exact) mass is 363 g/mol. The molecule has 1 aliphatic heterocycles. The van der Waals surface area contributed by atoms with Crippen LogP contribution in [0.15, 0.2) is 41.4 Å². The highest BCUT2D eigenvalue weighted by atomic mass is 32.2. The van der Waals surface area contributed by atoms with Crippen molar-refractivity contribution < 1.29 is 13.2 Å². The fourth-order valence-corrected chi connectivity index (χ4v) is 4.97. The average Bonchev–Trinajstić information content (AvgIpc) is 3.01. The smallest absolute Gasteiger partial charge is 0.243 e. The van der Waals surface area contributed by atoms with Gasteiger partial charge < -0.3 is 4.74 Å².